The Morgan fingerprint density at radius 1 is 0.717 bits per heavy atom. The maximum atomic E-state index is 14.5. The van der Waals surface area contributed by atoms with Gasteiger partial charge < -0.3 is 55.9 Å². The van der Waals surface area contributed by atoms with Crippen LogP contribution in [0, 0.1) is 6.92 Å². The summed E-state index contributed by atoms with van der Waals surface area (Å²) in [5, 5.41) is 40.3. The number of piperazine rings is 1. The van der Waals surface area contributed by atoms with Gasteiger partial charge in [-0.2, -0.15) is 0 Å². The summed E-state index contributed by atoms with van der Waals surface area (Å²) in [7, 11) is 2.57. The van der Waals surface area contributed by atoms with Crippen LogP contribution in [-0.4, -0.2) is 296 Å². The number of likely N-dealkylation sites (tertiary alicyclic amines) is 1. The SMILES string of the molecule is C/N=C/[C@H]1CC(F)(F)CN1C(=O)CNC(=O)c1ccnc2ccc(OCCCN3CCN(C(=O)[C@H](CC(=O)OC)NC(=O)[C@H](CCCNC(=O)CCCc4ccc(C)cc4)NC(=O)CN4CCN(CC(=O)O)CCN(CC(=O)O)CCN(CC(=O)O)CC4)CC3)cc12. The van der Waals surface area contributed by atoms with Crippen LogP contribution in [0.25, 0.3) is 10.9 Å². The summed E-state index contributed by atoms with van der Waals surface area (Å²) < 4.78 is 39.4. The highest BCUT2D eigenvalue weighted by Gasteiger charge is 2.46. The number of aryl methyl sites for hydroxylation is 2. The average molecular weight is 1290 g/mol. The number of aliphatic imine (C=N–C) groups is 1. The minimum Gasteiger partial charge on any atom is -0.494 e. The van der Waals surface area contributed by atoms with E-state index >= 15 is 0 Å². The molecule has 4 heterocycles. The lowest BCUT2D eigenvalue weighted by molar-refractivity contribution is -0.147. The van der Waals surface area contributed by atoms with Crippen LogP contribution in [0.2, 0.25) is 0 Å². The van der Waals surface area contributed by atoms with Crippen LogP contribution in [0.3, 0.4) is 0 Å². The van der Waals surface area contributed by atoms with Crippen molar-refractivity contribution in [1.29, 1.82) is 0 Å². The number of carbonyl (C=O) groups excluding carboxylic acids is 7. The quantitative estimate of drug-likeness (QED) is 0.0254. The summed E-state index contributed by atoms with van der Waals surface area (Å²) >= 11 is 0. The third-order valence-corrected chi connectivity index (χ3v) is 16.1. The number of carbonyl (C=O) groups is 10. The molecule has 6 rings (SSSR count). The van der Waals surface area contributed by atoms with Gasteiger partial charge in [0.15, 0.2) is 0 Å². The molecule has 0 radical (unpaired) electrons. The molecule has 3 fully saturated rings. The Balaban J connectivity index is 1.06. The maximum Gasteiger partial charge on any atom is 0.317 e. The maximum absolute atomic E-state index is 14.5. The summed E-state index contributed by atoms with van der Waals surface area (Å²) in [5.74, 6) is -10.2. The number of nitrogens with one attached hydrogen (secondary N) is 4. The van der Waals surface area contributed by atoms with E-state index < -0.39 is 103 Å². The molecule has 3 aliphatic heterocycles. The van der Waals surface area contributed by atoms with Crippen molar-refractivity contribution >= 4 is 76.4 Å². The van der Waals surface area contributed by atoms with Gasteiger partial charge in [0.1, 0.15) is 17.8 Å². The number of aromatic nitrogens is 1. The lowest BCUT2D eigenvalue weighted by atomic mass is 10.1. The molecular weight excluding hydrogens is 1200 g/mol. The van der Waals surface area contributed by atoms with E-state index in [1.807, 2.05) is 31.2 Å². The van der Waals surface area contributed by atoms with Gasteiger partial charge in [-0.05, 0) is 68.9 Å². The number of halogens is 2. The Bertz CT molecular complexity index is 3010. The first-order valence-corrected chi connectivity index (χ1v) is 30.9. The molecule has 3 aliphatic rings. The van der Waals surface area contributed by atoms with Gasteiger partial charge in [0.25, 0.3) is 11.8 Å². The second kappa shape index (κ2) is 36.7. The number of esters is 1. The second-order valence-electron chi connectivity index (χ2n) is 23.2. The number of pyridine rings is 1. The van der Waals surface area contributed by atoms with Crippen LogP contribution >= 0.6 is 0 Å². The number of carboxylic acids is 3. The monoisotopic (exact) mass is 1290 g/mol. The normalized spacial score (nSPS) is 18.0. The summed E-state index contributed by atoms with van der Waals surface area (Å²) in [6, 6.07) is 11.0. The number of benzene rings is 2. The number of rotatable bonds is 31. The molecule has 3 saturated heterocycles. The Morgan fingerprint density at radius 2 is 1.32 bits per heavy atom. The minimum absolute atomic E-state index is 0.0155. The highest BCUT2D eigenvalue weighted by Crippen LogP contribution is 2.31. The summed E-state index contributed by atoms with van der Waals surface area (Å²) in [6.07, 6.45) is 3.92. The zero-order valence-electron chi connectivity index (χ0n) is 52.5. The largest absolute Gasteiger partial charge is 0.494 e. The second-order valence-corrected chi connectivity index (χ2v) is 23.2. The molecule has 7 N–H and O–H groups in total. The van der Waals surface area contributed by atoms with Gasteiger partial charge >= 0.3 is 23.9 Å². The number of amides is 6. The van der Waals surface area contributed by atoms with E-state index in [0.717, 1.165) is 23.1 Å². The van der Waals surface area contributed by atoms with Crippen molar-refractivity contribution < 1.29 is 81.5 Å². The van der Waals surface area contributed by atoms with Crippen LogP contribution < -0.4 is 26.0 Å². The van der Waals surface area contributed by atoms with E-state index in [1.165, 1.54) is 30.4 Å². The molecular formula is C62H87F2N13O15. The molecule has 3 aromatic rings. The highest BCUT2D eigenvalue weighted by atomic mass is 19.3. The zero-order chi connectivity index (χ0) is 66.7. The first kappa shape index (κ1) is 72.7. The summed E-state index contributed by atoms with van der Waals surface area (Å²) in [4.78, 5) is 150. The minimum atomic E-state index is -3.08. The molecule has 3 atom stereocenters. The number of carboxylic acid groups (broad SMARTS) is 3. The number of fused-ring (bicyclic) bond motifs is 1. The summed E-state index contributed by atoms with van der Waals surface area (Å²) in [6.45, 7) is 2.74. The Kier molecular flexibility index (Phi) is 29.0. The van der Waals surface area contributed by atoms with Crippen LogP contribution in [0.15, 0.2) is 59.7 Å². The van der Waals surface area contributed by atoms with Crippen LogP contribution in [-0.2, 0) is 54.3 Å². The van der Waals surface area contributed by atoms with E-state index in [9.17, 15) is 72.0 Å². The molecule has 0 unspecified atom stereocenters. The lowest BCUT2D eigenvalue weighted by Gasteiger charge is -2.36. The molecule has 0 aliphatic carbocycles. The molecule has 2 aromatic carbocycles. The van der Waals surface area contributed by atoms with Crippen molar-refractivity contribution in [2.75, 3.05) is 152 Å². The third-order valence-electron chi connectivity index (χ3n) is 16.1. The Morgan fingerprint density at radius 3 is 1.90 bits per heavy atom. The van der Waals surface area contributed by atoms with E-state index in [0.29, 0.717) is 55.5 Å². The molecule has 28 nitrogen and oxygen atoms in total. The number of methoxy groups -OCH3 is 1. The van der Waals surface area contributed by atoms with E-state index in [4.69, 9.17) is 9.47 Å². The van der Waals surface area contributed by atoms with E-state index in [1.54, 1.807) is 37.8 Å². The van der Waals surface area contributed by atoms with Crippen molar-refractivity contribution in [2.45, 2.75) is 82.3 Å². The smallest absolute Gasteiger partial charge is 0.317 e. The average Bonchev–Trinajstić information content (AvgIpc) is 1.26. The molecule has 0 bridgehead atoms. The third kappa shape index (κ3) is 24.7. The molecule has 0 saturated carbocycles. The van der Waals surface area contributed by atoms with Crippen LogP contribution in [0.5, 0.6) is 5.75 Å². The summed E-state index contributed by atoms with van der Waals surface area (Å²) in [5.41, 5.74) is 2.90. The molecule has 30 heteroatoms. The van der Waals surface area contributed by atoms with Gasteiger partial charge in [-0.15, -0.1) is 0 Å². The molecule has 0 spiro atoms. The van der Waals surface area contributed by atoms with Gasteiger partial charge in [0, 0.05) is 129 Å². The number of nitrogens with zero attached hydrogens (tertiary/aromatic N) is 9. The fraction of sp³-hybridized carbons (Fsp3) is 0.581. The standard InChI is InChI=1S/C62H87F2N13O15/c1-43-10-12-44(13-11-43)7-4-9-52(78)67-17-5-8-50(69-53(79)38-72-20-22-73(39-55(81)82)24-26-75(41-57(85)86)27-25-74(23-21-72)40-56(83)84)60(89)70-51(34-58(87)91-3)61(90)76-30-28-71(29-31-76)19-6-32-92-46-14-15-49-48(33-46)47(16-18-66-49)59(88)68-37-54(80)77-42-62(63,64)35-45(77)36-65-2/h10-16,18,33,36,45,50-51H,4-9,17,19-32,34-35,37-42H2,1-3H3,(H,67,78)(H,68,88)(H,69,79)(H,70,89)(H,81,82)(H,83,84)(H,85,86)/b65-36+/t45-,50+,51+/m1/s1. The fourth-order valence-corrected chi connectivity index (χ4v) is 11.1. The number of alkyl halides is 2. The van der Waals surface area contributed by atoms with Gasteiger partial charge in [0.05, 0.1) is 76.5 Å². The fourth-order valence-electron chi connectivity index (χ4n) is 11.1. The molecule has 92 heavy (non-hydrogen) atoms. The van der Waals surface area contributed by atoms with Crippen molar-refractivity contribution in [3.05, 3.63) is 71.4 Å². The molecule has 1 aromatic heterocycles. The van der Waals surface area contributed by atoms with Crippen LogP contribution in [0.4, 0.5) is 8.78 Å². The number of ether oxygens (including phenoxy) is 2. The highest BCUT2D eigenvalue weighted by molar-refractivity contribution is 6.07. The lowest BCUT2D eigenvalue weighted by Crippen LogP contribution is -2.58. The zero-order valence-corrected chi connectivity index (χ0v) is 52.5. The van der Waals surface area contributed by atoms with Gasteiger partial charge in [-0.1, -0.05) is 29.8 Å². The van der Waals surface area contributed by atoms with Crippen molar-refractivity contribution in [2.24, 2.45) is 4.99 Å². The first-order valence-electron chi connectivity index (χ1n) is 30.9. The number of aliphatic carboxylic acids is 3. The van der Waals surface area contributed by atoms with Crippen LogP contribution in [0.1, 0.15) is 66.4 Å². The molecule has 6 amide bonds. The first-order chi connectivity index (χ1) is 44.0. The van der Waals surface area contributed by atoms with Gasteiger partial charge in [-0.3, -0.25) is 82.4 Å². The Hall–Kier alpha value is -8.32. The van der Waals surface area contributed by atoms with Crippen molar-refractivity contribution in [3.8, 4) is 5.75 Å². The predicted octanol–water partition coefficient (Wildman–Crippen LogP) is 0.0503. The van der Waals surface area contributed by atoms with Crippen molar-refractivity contribution in [3.63, 3.8) is 0 Å². The Labute approximate surface area is 532 Å². The van der Waals surface area contributed by atoms with E-state index in [2.05, 4.69) is 36.1 Å². The van der Waals surface area contributed by atoms with Crippen molar-refractivity contribution in [1.82, 2.24) is 60.6 Å². The van der Waals surface area contributed by atoms with E-state index in [-0.39, 0.29) is 136 Å². The topological polar surface area (TPSA) is 346 Å². The predicted molar refractivity (Wildman–Crippen MR) is 332 cm³/mol. The number of hydrogen-bond acceptors (Lipinski definition) is 19. The van der Waals surface area contributed by atoms with Gasteiger partial charge in [0.2, 0.25) is 29.5 Å². The van der Waals surface area contributed by atoms with Gasteiger partial charge in [-0.25, -0.2) is 8.78 Å². The molecule has 504 valence electrons. The number of hydrogen-bond donors (Lipinski definition) is 7.